The Balaban J connectivity index is 2.18. The summed E-state index contributed by atoms with van der Waals surface area (Å²) < 4.78 is 2.05. The molecule has 20 heavy (non-hydrogen) atoms. The highest BCUT2D eigenvalue weighted by Gasteiger charge is 2.05. The van der Waals surface area contributed by atoms with Crippen molar-refractivity contribution in [1.82, 2.24) is 20.2 Å². The number of hydrogen-bond donors (Lipinski definition) is 2. The summed E-state index contributed by atoms with van der Waals surface area (Å²) in [5.41, 5.74) is 0. The number of aromatic nitrogens is 2. The highest BCUT2D eigenvalue weighted by Crippen LogP contribution is 2.07. The standard InChI is InChI=1S/C15H29N5/c1-13(2)6-5-7-14(3)19-15(16-4)18-9-11-20-10-8-17-12-20/h8,10,12-14H,5-7,9,11H2,1-4H3,(H2,16,18,19). The molecule has 1 atom stereocenters. The van der Waals surface area contributed by atoms with Gasteiger partial charge in [-0.1, -0.05) is 26.7 Å². The zero-order valence-corrected chi connectivity index (χ0v) is 13.3. The molecule has 1 rings (SSSR count). The van der Waals surface area contributed by atoms with Crippen molar-refractivity contribution in [2.45, 2.75) is 52.6 Å². The lowest BCUT2D eigenvalue weighted by Gasteiger charge is -2.18. The summed E-state index contributed by atoms with van der Waals surface area (Å²) in [4.78, 5) is 8.29. The van der Waals surface area contributed by atoms with Gasteiger partial charge in [-0.3, -0.25) is 4.99 Å². The molecule has 1 aromatic rings. The molecule has 0 radical (unpaired) electrons. The van der Waals surface area contributed by atoms with Crippen LogP contribution in [0.1, 0.15) is 40.0 Å². The van der Waals surface area contributed by atoms with Crippen molar-refractivity contribution in [3.8, 4) is 0 Å². The highest BCUT2D eigenvalue weighted by molar-refractivity contribution is 5.79. The van der Waals surface area contributed by atoms with Crippen molar-refractivity contribution in [1.29, 1.82) is 0 Å². The van der Waals surface area contributed by atoms with E-state index in [2.05, 4.69) is 41.4 Å². The molecule has 0 bridgehead atoms. The molecule has 0 aliphatic heterocycles. The van der Waals surface area contributed by atoms with Gasteiger partial charge < -0.3 is 15.2 Å². The molecule has 0 fully saturated rings. The molecule has 0 aliphatic rings. The number of aliphatic imine (C=N–C) groups is 1. The number of imidazole rings is 1. The molecule has 1 aromatic heterocycles. The zero-order chi connectivity index (χ0) is 14.8. The van der Waals surface area contributed by atoms with Crippen LogP contribution in [0.3, 0.4) is 0 Å². The van der Waals surface area contributed by atoms with Crippen molar-refractivity contribution in [3.63, 3.8) is 0 Å². The summed E-state index contributed by atoms with van der Waals surface area (Å²) in [7, 11) is 1.81. The van der Waals surface area contributed by atoms with E-state index in [-0.39, 0.29) is 0 Å². The van der Waals surface area contributed by atoms with E-state index in [1.165, 1.54) is 19.3 Å². The van der Waals surface area contributed by atoms with Crippen molar-refractivity contribution in [3.05, 3.63) is 18.7 Å². The van der Waals surface area contributed by atoms with Crippen molar-refractivity contribution < 1.29 is 0 Å². The first-order valence-electron chi connectivity index (χ1n) is 7.54. The first-order valence-corrected chi connectivity index (χ1v) is 7.54. The topological polar surface area (TPSA) is 54.2 Å². The third kappa shape index (κ3) is 7.16. The van der Waals surface area contributed by atoms with E-state index in [4.69, 9.17) is 0 Å². The molecule has 0 spiro atoms. The van der Waals surface area contributed by atoms with Gasteiger partial charge in [0.1, 0.15) is 0 Å². The number of rotatable bonds is 8. The molecule has 1 unspecified atom stereocenters. The van der Waals surface area contributed by atoms with Gasteiger partial charge in [0, 0.05) is 38.6 Å². The maximum absolute atomic E-state index is 4.26. The molecular formula is C15H29N5. The average Bonchev–Trinajstić information content (AvgIpc) is 2.90. The normalized spacial score (nSPS) is 13.6. The fourth-order valence-corrected chi connectivity index (χ4v) is 2.05. The van der Waals surface area contributed by atoms with E-state index < -0.39 is 0 Å². The minimum Gasteiger partial charge on any atom is -0.355 e. The summed E-state index contributed by atoms with van der Waals surface area (Å²) in [6, 6.07) is 0.452. The van der Waals surface area contributed by atoms with E-state index >= 15 is 0 Å². The Labute approximate surface area is 122 Å². The van der Waals surface area contributed by atoms with Gasteiger partial charge in [-0.25, -0.2) is 4.98 Å². The Morgan fingerprint density at radius 2 is 2.10 bits per heavy atom. The number of nitrogens with one attached hydrogen (secondary N) is 2. The Morgan fingerprint density at radius 1 is 1.30 bits per heavy atom. The van der Waals surface area contributed by atoms with E-state index in [0.29, 0.717) is 6.04 Å². The van der Waals surface area contributed by atoms with Crippen LogP contribution < -0.4 is 10.6 Å². The third-order valence-electron chi connectivity index (χ3n) is 3.25. The molecule has 5 heteroatoms. The van der Waals surface area contributed by atoms with Crippen molar-refractivity contribution in [2.75, 3.05) is 13.6 Å². The van der Waals surface area contributed by atoms with Gasteiger partial charge in [-0.05, 0) is 19.3 Å². The number of guanidine groups is 1. The monoisotopic (exact) mass is 279 g/mol. The van der Waals surface area contributed by atoms with Crippen LogP contribution >= 0.6 is 0 Å². The molecule has 5 nitrogen and oxygen atoms in total. The molecule has 0 aliphatic carbocycles. The second-order valence-electron chi connectivity index (χ2n) is 5.67. The molecule has 0 amide bonds. The molecule has 0 saturated heterocycles. The average molecular weight is 279 g/mol. The van der Waals surface area contributed by atoms with Crippen LogP contribution in [0.15, 0.2) is 23.7 Å². The maximum atomic E-state index is 4.26. The molecule has 1 heterocycles. The summed E-state index contributed by atoms with van der Waals surface area (Å²) in [5, 5.41) is 6.76. The number of nitrogens with zero attached hydrogens (tertiary/aromatic N) is 3. The van der Waals surface area contributed by atoms with E-state index in [0.717, 1.165) is 25.0 Å². The summed E-state index contributed by atoms with van der Waals surface area (Å²) in [6.07, 6.45) is 9.32. The van der Waals surface area contributed by atoms with Gasteiger partial charge in [0.2, 0.25) is 0 Å². The first kappa shape index (κ1) is 16.5. The van der Waals surface area contributed by atoms with E-state index in [1.807, 2.05) is 24.1 Å². The predicted octanol–water partition coefficient (Wildman–Crippen LogP) is 2.26. The van der Waals surface area contributed by atoms with Crippen LogP contribution in [0.4, 0.5) is 0 Å². The fraction of sp³-hybridized carbons (Fsp3) is 0.733. The third-order valence-corrected chi connectivity index (χ3v) is 3.25. The lowest BCUT2D eigenvalue weighted by molar-refractivity contribution is 0.491. The first-order chi connectivity index (χ1) is 9.61. The van der Waals surface area contributed by atoms with Gasteiger partial charge in [-0.15, -0.1) is 0 Å². The van der Waals surface area contributed by atoms with Crippen LogP contribution in [-0.4, -0.2) is 35.1 Å². The van der Waals surface area contributed by atoms with Gasteiger partial charge in [0.05, 0.1) is 6.33 Å². The summed E-state index contributed by atoms with van der Waals surface area (Å²) in [6.45, 7) is 8.49. The molecule has 2 N–H and O–H groups in total. The molecule has 0 aromatic carbocycles. The second kappa shape index (κ2) is 9.39. The van der Waals surface area contributed by atoms with Gasteiger partial charge in [-0.2, -0.15) is 0 Å². The minimum atomic E-state index is 0.452. The van der Waals surface area contributed by atoms with Crippen LogP contribution in [0, 0.1) is 5.92 Å². The van der Waals surface area contributed by atoms with Gasteiger partial charge >= 0.3 is 0 Å². The Morgan fingerprint density at radius 3 is 2.70 bits per heavy atom. The lowest BCUT2D eigenvalue weighted by atomic mass is 10.0. The molecule has 114 valence electrons. The van der Waals surface area contributed by atoms with E-state index in [9.17, 15) is 0 Å². The second-order valence-corrected chi connectivity index (χ2v) is 5.67. The quantitative estimate of drug-likeness (QED) is 0.567. The Hall–Kier alpha value is -1.52. The van der Waals surface area contributed by atoms with Gasteiger partial charge in [0.15, 0.2) is 5.96 Å². The lowest BCUT2D eigenvalue weighted by Crippen LogP contribution is -2.43. The minimum absolute atomic E-state index is 0.452. The predicted molar refractivity (Wildman–Crippen MR) is 84.9 cm³/mol. The fourth-order valence-electron chi connectivity index (χ4n) is 2.05. The SMILES string of the molecule is CN=C(NCCn1ccnc1)NC(C)CCCC(C)C. The Bertz CT molecular complexity index is 370. The molecular weight excluding hydrogens is 250 g/mol. The number of hydrogen-bond acceptors (Lipinski definition) is 2. The summed E-state index contributed by atoms with van der Waals surface area (Å²) >= 11 is 0. The Kier molecular flexibility index (Phi) is 7.77. The maximum Gasteiger partial charge on any atom is 0.191 e. The zero-order valence-electron chi connectivity index (χ0n) is 13.3. The van der Waals surface area contributed by atoms with Crippen LogP contribution in [-0.2, 0) is 6.54 Å². The van der Waals surface area contributed by atoms with Crippen LogP contribution in [0.25, 0.3) is 0 Å². The largest absolute Gasteiger partial charge is 0.355 e. The van der Waals surface area contributed by atoms with E-state index in [1.54, 1.807) is 6.20 Å². The van der Waals surface area contributed by atoms with Crippen molar-refractivity contribution >= 4 is 5.96 Å². The van der Waals surface area contributed by atoms with Crippen LogP contribution in [0.5, 0.6) is 0 Å². The van der Waals surface area contributed by atoms with Gasteiger partial charge in [0.25, 0.3) is 0 Å². The summed E-state index contributed by atoms with van der Waals surface area (Å²) in [5.74, 6) is 1.66. The smallest absolute Gasteiger partial charge is 0.191 e. The highest BCUT2D eigenvalue weighted by atomic mass is 15.2. The van der Waals surface area contributed by atoms with Crippen molar-refractivity contribution in [2.24, 2.45) is 10.9 Å². The molecule has 0 saturated carbocycles. The van der Waals surface area contributed by atoms with Crippen LogP contribution in [0.2, 0.25) is 0 Å².